The molecule has 0 saturated heterocycles. The molecule has 0 aromatic heterocycles. The molecular weight excluding hydrogens is 624 g/mol. The number of benzene rings is 3. The zero-order valence-corrected chi connectivity index (χ0v) is 21.6. The minimum atomic E-state index is -0.533. The number of nitrogens with zero attached hydrogens (tertiary/aromatic N) is 1. The van der Waals surface area contributed by atoms with Gasteiger partial charge in [0.05, 0.1) is 16.3 Å². The van der Waals surface area contributed by atoms with Crippen LogP contribution in [0.25, 0.3) is 0 Å². The minimum Gasteiger partial charge on any atom is -0.486 e. The molecule has 0 radical (unpaired) electrons. The van der Waals surface area contributed by atoms with Gasteiger partial charge in [-0.15, -0.1) is 0 Å². The zero-order chi connectivity index (χ0) is 23.4. The van der Waals surface area contributed by atoms with Crippen molar-refractivity contribution in [3.05, 3.63) is 84.7 Å². The van der Waals surface area contributed by atoms with Crippen molar-refractivity contribution >= 4 is 65.9 Å². The first kappa shape index (κ1) is 23.5. The van der Waals surface area contributed by atoms with Gasteiger partial charge in [0.25, 0.3) is 5.91 Å². The van der Waals surface area contributed by atoms with E-state index in [1.54, 1.807) is 48.5 Å². The predicted octanol–water partition coefficient (Wildman–Crippen LogP) is 5.73. The van der Waals surface area contributed by atoms with Gasteiger partial charge in [0.1, 0.15) is 13.2 Å². The molecule has 0 unspecified atom stereocenters. The molecule has 33 heavy (non-hydrogen) atoms. The summed E-state index contributed by atoms with van der Waals surface area (Å²) in [5, 5.41) is 4.03. The van der Waals surface area contributed by atoms with Gasteiger partial charge in [-0.3, -0.25) is 4.79 Å². The normalized spacial score (nSPS) is 12.5. The third-order valence-electron chi connectivity index (χ3n) is 4.47. The van der Waals surface area contributed by atoms with Gasteiger partial charge >= 0.3 is 5.97 Å². The summed E-state index contributed by atoms with van der Waals surface area (Å²) in [6, 6.07) is 15.2. The summed E-state index contributed by atoms with van der Waals surface area (Å²) in [7, 11) is 0. The van der Waals surface area contributed by atoms with E-state index in [0.29, 0.717) is 45.9 Å². The average Bonchev–Trinajstić information content (AvgIpc) is 2.80. The van der Waals surface area contributed by atoms with Crippen LogP contribution < -0.4 is 19.6 Å². The fraction of sp³-hybridized carbons (Fsp3) is 0.0870. The summed E-state index contributed by atoms with van der Waals surface area (Å²) in [5.74, 6) is 0.410. The van der Waals surface area contributed by atoms with E-state index in [0.717, 1.165) is 8.95 Å². The van der Waals surface area contributed by atoms with Crippen molar-refractivity contribution in [1.82, 2.24) is 5.43 Å². The third-order valence-corrected chi connectivity index (χ3v) is 6.01. The van der Waals surface area contributed by atoms with Gasteiger partial charge in [0.15, 0.2) is 17.2 Å². The summed E-state index contributed by atoms with van der Waals surface area (Å²) in [6.07, 6.45) is 1.40. The number of halogens is 3. The van der Waals surface area contributed by atoms with Crippen LogP contribution >= 0.6 is 47.8 Å². The van der Waals surface area contributed by atoms with Gasteiger partial charge in [-0.1, -0.05) is 37.9 Å². The van der Waals surface area contributed by atoms with Crippen molar-refractivity contribution in [3.8, 4) is 17.2 Å². The van der Waals surface area contributed by atoms with E-state index in [-0.39, 0.29) is 5.75 Å². The molecule has 0 bridgehead atoms. The molecule has 7 nitrogen and oxygen atoms in total. The van der Waals surface area contributed by atoms with Crippen LogP contribution in [0.4, 0.5) is 0 Å². The zero-order valence-electron chi connectivity index (χ0n) is 16.8. The first-order valence-corrected chi connectivity index (χ1v) is 12.0. The van der Waals surface area contributed by atoms with Crippen molar-refractivity contribution in [2.45, 2.75) is 0 Å². The van der Waals surface area contributed by atoms with Crippen molar-refractivity contribution in [3.63, 3.8) is 0 Å². The average molecular weight is 639 g/mol. The SMILES string of the molecule is O=C(N/N=C/c1cc(Br)cc(Br)c1OC(=O)c1cccc(Br)c1)c1ccc2c(c1)OCCO2. The van der Waals surface area contributed by atoms with Gasteiger partial charge in [-0.05, 0) is 64.5 Å². The molecule has 1 heterocycles. The number of esters is 1. The highest BCUT2D eigenvalue weighted by molar-refractivity contribution is 9.11. The van der Waals surface area contributed by atoms with Crippen molar-refractivity contribution in [2.24, 2.45) is 5.10 Å². The van der Waals surface area contributed by atoms with Crippen LogP contribution in [-0.4, -0.2) is 31.3 Å². The summed E-state index contributed by atoms with van der Waals surface area (Å²) < 4.78 is 18.6. The topological polar surface area (TPSA) is 86.2 Å². The van der Waals surface area contributed by atoms with E-state index in [1.807, 2.05) is 6.07 Å². The Balaban J connectivity index is 1.51. The molecule has 3 aromatic rings. The van der Waals surface area contributed by atoms with Gasteiger partial charge in [-0.2, -0.15) is 5.10 Å². The van der Waals surface area contributed by atoms with Crippen molar-refractivity contribution < 1.29 is 23.8 Å². The number of hydrogen-bond acceptors (Lipinski definition) is 6. The first-order valence-electron chi connectivity index (χ1n) is 9.60. The molecule has 10 heteroatoms. The van der Waals surface area contributed by atoms with E-state index >= 15 is 0 Å². The number of carbonyl (C=O) groups excluding carboxylic acids is 2. The lowest BCUT2D eigenvalue weighted by Crippen LogP contribution is -2.19. The lowest BCUT2D eigenvalue weighted by atomic mass is 10.2. The number of ether oxygens (including phenoxy) is 3. The Labute approximate surface area is 214 Å². The van der Waals surface area contributed by atoms with E-state index in [4.69, 9.17) is 14.2 Å². The number of nitrogens with one attached hydrogen (secondary N) is 1. The lowest BCUT2D eigenvalue weighted by Gasteiger charge is -2.18. The predicted molar refractivity (Wildman–Crippen MR) is 133 cm³/mol. The first-order chi connectivity index (χ1) is 15.9. The van der Waals surface area contributed by atoms with Gasteiger partial charge in [0, 0.05) is 20.1 Å². The van der Waals surface area contributed by atoms with Gasteiger partial charge < -0.3 is 14.2 Å². The highest BCUT2D eigenvalue weighted by Crippen LogP contribution is 2.33. The Hall–Kier alpha value is -2.69. The smallest absolute Gasteiger partial charge is 0.343 e. The summed E-state index contributed by atoms with van der Waals surface area (Å²) in [6.45, 7) is 0.898. The number of fused-ring (bicyclic) bond motifs is 1. The maximum Gasteiger partial charge on any atom is 0.343 e. The fourth-order valence-electron chi connectivity index (χ4n) is 2.96. The van der Waals surface area contributed by atoms with E-state index in [2.05, 4.69) is 58.3 Å². The van der Waals surface area contributed by atoms with Crippen LogP contribution in [-0.2, 0) is 0 Å². The maximum atomic E-state index is 12.6. The number of carbonyl (C=O) groups is 2. The molecule has 1 aliphatic heterocycles. The summed E-state index contributed by atoms with van der Waals surface area (Å²) >= 11 is 10.2. The van der Waals surface area contributed by atoms with Crippen LogP contribution in [0.1, 0.15) is 26.3 Å². The van der Waals surface area contributed by atoms with Crippen LogP contribution in [0.15, 0.2) is 73.1 Å². The molecule has 0 spiro atoms. The highest BCUT2D eigenvalue weighted by atomic mass is 79.9. The second-order valence-corrected chi connectivity index (χ2v) is 9.45. The number of hydrogen-bond donors (Lipinski definition) is 1. The van der Waals surface area contributed by atoms with Crippen LogP contribution in [0.2, 0.25) is 0 Å². The number of hydrazone groups is 1. The van der Waals surface area contributed by atoms with Crippen LogP contribution in [0, 0.1) is 0 Å². The van der Waals surface area contributed by atoms with Gasteiger partial charge in [-0.25, -0.2) is 10.2 Å². The molecule has 168 valence electrons. The number of rotatable bonds is 5. The van der Waals surface area contributed by atoms with Crippen molar-refractivity contribution in [1.29, 1.82) is 0 Å². The second kappa shape index (κ2) is 10.5. The highest BCUT2D eigenvalue weighted by Gasteiger charge is 2.17. The standard InChI is InChI=1S/C23H15Br3N2O5/c24-16-3-1-2-14(8-16)23(30)33-21-15(9-17(25)11-18(21)26)12-27-28-22(29)13-4-5-19-20(10-13)32-7-6-31-19/h1-5,8-12H,6-7H2,(H,28,29)/b27-12+. The minimum absolute atomic E-state index is 0.264. The van der Waals surface area contributed by atoms with Crippen LogP contribution in [0.5, 0.6) is 17.2 Å². The molecule has 0 saturated carbocycles. The monoisotopic (exact) mass is 636 g/mol. The van der Waals surface area contributed by atoms with E-state index in [9.17, 15) is 9.59 Å². The fourth-order valence-corrected chi connectivity index (χ4v) is 4.70. The largest absolute Gasteiger partial charge is 0.486 e. The Bertz CT molecular complexity index is 1260. The molecule has 1 aliphatic rings. The Morgan fingerprint density at radius 2 is 1.70 bits per heavy atom. The molecule has 0 fully saturated rings. The van der Waals surface area contributed by atoms with E-state index in [1.165, 1.54) is 6.21 Å². The third kappa shape index (κ3) is 5.82. The Morgan fingerprint density at radius 3 is 2.48 bits per heavy atom. The molecule has 0 aliphatic carbocycles. The Morgan fingerprint density at radius 1 is 0.909 bits per heavy atom. The lowest BCUT2D eigenvalue weighted by molar-refractivity contribution is 0.0732. The Kier molecular flexibility index (Phi) is 7.46. The second-order valence-electron chi connectivity index (χ2n) is 6.76. The number of amides is 1. The maximum absolute atomic E-state index is 12.6. The molecule has 0 atom stereocenters. The molecular formula is C23H15Br3N2O5. The molecule has 1 N–H and O–H groups in total. The van der Waals surface area contributed by atoms with E-state index < -0.39 is 11.9 Å². The molecule has 3 aromatic carbocycles. The van der Waals surface area contributed by atoms with Crippen molar-refractivity contribution in [2.75, 3.05) is 13.2 Å². The van der Waals surface area contributed by atoms with Crippen LogP contribution in [0.3, 0.4) is 0 Å². The summed E-state index contributed by atoms with van der Waals surface area (Å²) in [4.78, 5) is 25.1. The quantitative estimate of drug-likeness (QED) is 0.167. The van der Waals surface area contributed by atoms with Gasteiger partial charge in [0.2, 0.25) is 0 Å². The summed E-state index contributed by atoms with van der Waals surface area (Å²) in [5.41, 5.74) is 3.70. The molecule has 1 amide bonds. The molecule has 4 rings (SSSR count).